The van der Waals surface area contributed by atoms with Gasteiger partial charge in [-0.3, -0.25) is 0 Å². The number of rotatable bonds is 21. The lowest BCUT2D eigenvalue weighted by Crippen LogP contribution is -2.09. The lowest BCUT2D eigenvalue weighted by molar-refractivity contribution is 0.260. The Morgan fingerprint density at radius 1 is 0.515 bits per heavy atom. The minimum Gasteiger partial charge on any atom is -0.413 e. The molecule has 0 bridgehead atoms. The maximum Gasteiger partial charge on any atom is 0.162 e. The molecule has 0 aliphatic heterocycles. The summed E-state index contributed by atoms with van der Waals surface area (Å²) in [6.07, 6.45) is 23.0. The van der Waals surface area contributed by atoms with Gasteiger partial charge in [-0.25, -0.2) is 0 Å². The van der Waals surface area contributed by atoms with E-state index >= 15 is 0 Å². The molecule has 0 amide bonds. The molecule has 2 heteroatoms. The number of benzene rings is 2. The predicted octanol–water partition coefficient (Wildman–Crippen LogP) is 9.56. The van der Waals surface area contributed by atoms with Gasteiger partial charge in [-0.1, -0.05) is 170 Å². The van der Waals surface area contributed by atoms with Crippen molar-refractivity contribution in [2.24, 2.45) is 0 Å². The molecule has 0 aliphatic rings. The Hall–Kier alpha value is -1.38. The summed E-state index contributed by atoms with van der Waals surface area (Å²) in [6, 6.07) is 22.7. The van der Waals surface area contributed by atoms with Crippen molar-refractivity contribution in [1.29, 1.82) is 0 Å². The molecule has 33 heavy (non-hydrogen) atoms. The van der Waals surface area contributed by atoms with E-state index < -0.39 is 9.76 Å². The summed E-state index contributed by atoms with van der Waals surface area (Å²) in [4.78, 5) is 0. The van der Waals surface area contributed by atoms with Crippen LogP contribution in [0.25, 0.3) is 0 Å². The van der Waals surface area contributed by atoms with Gasteiger partial charge < -0.3 is 4.43 Å². The van der Waals surface area contributed by atoms with Crippen molar-refractivity contribution in [2.75, 3.05) is 0 Å². The van der Waals surface area contributed by atoms with E-state index in [-0.39, 0.29) is 6.10 Å². The highest BCUT2D eigenvalue weighted by Gasteiger charge is 2.13. The van der Waals surface area contributed by atoms with E-state index in [9.17, 15) is 0 Å². The van der Waals surface area contributed by atoms with Gasteiger partial charge >= 0.3 is 0 Å². The molecule has 2 aromatic rings. The van der Waals surface area contributed by atoms with E-state index in [4.69, 9.17) is 4.43 Å². The van der Waals surface area contributed by atoms with E-state index in [2.05, 4.69) is 67.6 Å². The summed E-state index contributed by atoms with van der Waals surface area (Å²) in [5.74, 6) is 0. The monoisotopic (exact) mass is 466 g/mol. The fourth-order valence-electron chi connectivity index (χ4n) is 4.67. The maximum absolute atomic E-state index is 6.48. The zero-order valence-electron chi connectivity index (χ0n) is 21.5. The Balaban J connectivity index is 1.41. The van der Waals surface area contributed by atoms with Crippen LogP contribution >= 0.6 is 0 Å². The van der Waals surface area contributed by atoms with Crippen molar-refractivity contribution in [2.45, 2.75) is 122 Å². The summed E-state index contributed by atoms with van der Waals surface area (Å²) in [6.45, 7) is 2.30. The molecule has 0 atom stereocenters. The molecule has 0 heterocycles. The molecule has 0 spiro atoms. The van der Waals surface area contributed by atoms with Crippen LogP contribution in [0.3, 0.4) is 0 Å². The van der Waals surface area contributed by atoms with Gasteiger partial charge in [0.05, 0.1) is 6.10 Å². The highest BCUT2D eigenvalue weighted by molar-refractivity contribution is 6.27. The van der Waals surface area contributed by atoms with Crippen LogP contribution in [-0.4, -0.2) is 9.76 Å². The van der Waals surface area contributed by atoms with Crippen LogP contribution in [0.15, 0.2) is 60.7 Å². The SMILES string of the molecule is CCCCCCCCCCCCCCCCCC[SiH2]OC(c1ccccc1)c1ccccc1. The highest BCUT2D eigenvalue weighted by Crippen LogP contribution is 2.25. The number of hydrogen-bond acceptors (Lipinski definition) is 1. The molecule has 0 saturated carbocycles. The summed E-state index contributed by atoms with van der Waals surface area (Å²) in [5, 5.41) is 0. The fraction of sp³-hybridized carbons (Fsp3) is 0.613. The Morgan fingerprint density at radius 2 is 0.879 bits per heavy atom. The molecule has 2 aromatic carbocycles. The quantitative estimate of drug-likeness (QED) is 0.131. The van der Waals surface area contributed by atoms with Crippen LogP contribution in [0.2, 0.25) is 6.04 Å². The van der Waals surface area contributed by atoms with Gasteiger partial charge in [0.2, 0.25) is 0 Å². The van der Waals surface area contributed by atoms with Gasteiger partial charge in [0, 0.05) is 0 Å². The van der Waals surface area contributed by atoms with E-state index in [1.807, 2.05) is 0 Å². The third-order valence-corrected chi connectivity index (χ3v) is 8.09. The van der Waals surface area contributed by atoms with Crippen molar-refractivity contribution in [3.05, 3.63) is 71.8 Å². The molecule has 0 unspecified atom stereocenters. The van der Waals surface area contributed by atoms with Crippen LogP contribution in [0.1, 0.15) is 127 Å². The topological polar surface area (TPSA) is 9.23 Å². The van der Waals surface area contributed by atoms with Crippen molar-refractivity contribution in [3.8, 4) is 0 Å². The Labute approximate surface area is 207 Å². The Bertz CT molecular complexity index is 618. The maximum atomic E-state index is 6.48. The summed E-state index contributed by atoms with van der Waals surface area (Å²) >= 11 is 0. The second-order valence-corrected chi connectivity index (χ2v) is 11.2. The largest absolute Gasteiger partial charge is 0.413 e. The Morgan fingerprint density at radius 3 is 1.27 bits per heavy atom. The number of unbranched alkanes of at least 4 members (excludes halogenated alkanes) is 15. The molecule has 0 saturated heterocycles. The minimum atomic E-state index is -0.488. The van der Waals surface area contributed by atoms with E-state index in [1.165, 1.54) is 120 Å². The molecular formula is C31H50OSi. The van der Waals surface area contributed by atoms with Crippen LogP contribution in [0.4, 0.5) is 0 Å². The first-order valence-electron chi connectivity index (χ1n) is 14.1. The molecule has 0 aromatic heterocycles. The van der Waals surface area contributed by atoms with Gasteiger partial charge in [-0.2, -0.15) is 0 Å². The first kappa shape index (κ1) is 27.9. The van der Waals surface area contributed by atoms with Crippen LogP contribution < -0.4 is 0 Å². The summed E-state index contributed by atoms with van der Waals surface area (Å²) in [5.41, 5.74) is 2.56. The fourth-order valence-corrected chi connectivity index (χ4v) is 6.01. The van der Waals surface area contributed by atoms with Gasteiger partial charge in [0.1, 0.15) is 0 Å². The molecule has 184 valence electrons. The highest BCUT2D eigenvalue weighted by atomic mass is 28.2. The average Bonchev–Trinajstić information content (AvgIpc) is 2.86. The normalized spacial score (nSPS) is 11.7. The van der Waals surface area contributed by atoms with E-state index in [1.54, 1.807) is 0 Å². The molecule has 0 radical (unpaired) electrons. The third-order valence-electron chi connectivity index (χ3n) is 6.74. The van der Waals surface area contributed by atoms with Crippen LogP contribution in [0.5, 0.6) is 0 Å². The smallest absolute Gasteiger partial charge is 0.162 e. The average molecular weight is 467 g/mol. The van der Waals surface area contributed by atoms with Crippen molar-refractivity contribution in [3.63, 3.8) is 0 Å². The van der Waals surface area contributed by atoms with E-state index in [0.717, 1.165) is 0 Å². The van der Waals surface area contributed by atoms with Crippen molar-refractivity contribution in [1.82, 2.24) is 0 Å². The first-order chi connectivity index (χ1) is 16.4. The first-order valence-corrected chi connectivity index (χ1v) is 15.7. The van der Waals surface area contributed by atoms with Gasteiger partial charge in [0.25, 0.3) is 0 Å². The molecule has 0 fully saturated rings. The van der Waals surface area contributed by atoms with Crippen molar-refractivity contribution < 1.29 is 4.43 Å². The number of hydrogen-bond donors (Lipinski definition) is 0. The third kappa shape index (κ3) is 13.8. The second-order valence-electron chi connectivity index (χ2n) is 9.73. The molecule has 2 rings (SSSR count). The molecule has 1 nitrogen and oxygen atoms in total. The predicted molar refractivity (Wildman–Crippen MR) is 149 cm³/mol. The standard InChI is InChI=1S/C31H50OSi/c1-2-3-4-5-6-7-8-9-10-11-12-13-14-15-16-23-28-33-32-31(29-24-19-17-20-25-29)30-26-21-18-22-27-30/h17-22,24-27,31H,2-16,23,28,33H2,1H3. The van der Waals surface area contributed by atoms with Gasteiger partial charge in [-0.05, 0) is 17.2 Å². The second kappa shape index (κ2) is 20.0. The Kier molecular flexibility index (Phi) is 16.9. The van der Waals surface area contributed by atoms with Gasteiger partial charge in [0.15, 0.2) is 9.76 Å². The minimum absolute atomic E-state index is 0.111. The van der Waals surface area contributed by atoms with Crippen LogP contribution in [-0.2, 0) is 4.43 Å². The lowest BCUT2D eigenvalue weighted by atomic mass is 10.0. The zero-order valence-corrected chi connectivity index (χ0v) is 22.9. The lowest BCUT2D eigenvalue weighted by Gasteiger charge is -2.19. The van der Waals surface area contributed by atoms with Crippen molar-refractivity contribution >= 4 is 9.76 Å². The van der Waals surface area contributed by atoms with Gasteiger partial charge in [-0.15, -0.1) is 0 Å². The molecular weight excluding hydrogens is 416 g/mol. The van der Waals surface area contributed by atoms with E-state index in [0.29, 0.717) is 0 Å². The summed E-state index contributed by atoms with van der Waals surface area (Å²) in [7, 11) is -0.488. The molecule has 0 aliphatic carbocycles. The summed E-state index contributed by atoms with van der Waals surface area (Å²) < 4.78 is 6.48. The van der Waals surface area contributed by atoms with Crippen LogP contribution in [0, 0.1) is 0 Å². The zero-order chi connectivity index (χ0) is 23.2. The molecule has 0 N–H and O–H groups in total.